The maximum absolute atomic E-state index is 13.2. The molecule has 0 saturated heterocycles. The zero-order chi connectivity index (χ0) is 21.3. The predicted octanol–water partition coefficient (Wildman–Crippen LogP) is 3.54. The molecule has 0 saturated carbocycles. The third-order valence-corrected chi connectivity index (χ3v) is 7.52. The van der Waals surface area contributed by atoms with Crippen molar-refractivity contribution in [3.63, 3.8) is 0 Å². The van der Waals surface area contributed by atoms with Crippen LogP contribution in [0.25, 0.3) is 0 Å². The Morgan fingerprint density at radius 3 is 2.70 bits per heavy atom. The van der Waals surface area contributed by atoms with Crippen LogP contribution in [0, 0.1) is 0 Å². The molecule has 1 aliphatic heterocycles. The average molecular weight is 443 g/mol. The summed E-state index contributed by atoms with van der Waals surface area (Å²) in [5, 5.41) is 4.31. The molecule has 0 radical (unpaired) electrons. The molecule has 0 fully saturated rings. The van der Waals surface area contributed by atoms with Crippen molar-refractivity contribution in [2.24, 2.45) is 0 Å². The summed E-state index contributed by atoms with van der Waals surface area (Å²) in [5.74, 6) is -1.07. The fourth-order valence-corrected chi connectivity index (χ4v) is 5.65. The van der Waals surface area contributed by atoms with E-state index < -0.39 is 21.9 Å². The second kappa shape index (κ2) is 7.92. The molecule has 30 heavy (non-hydrogen) atoms. The molecule has 2 aromatic carbocycles. The van der Waals surface area contributed by atoms with Gasteiger partial charge in [-0.05, 0) is 47.7 Å². The van der Waals surface area contributed by atoms with E-state index >= 15 is 0 Å². The number of carbonyl (C=O) groups is 2. The minimum Gasteiger partial charge on any atom is -0.465 e. The fourth-order valence-electron chi connectivity index (χ4n) is 3.34. The molecule has 0 bridgehead atoms. The third kappa shape index (κ3) is 3.57. The van der Waals surface area contributed by atoms with Crippen molar-refractivity contribution < 1.29 is 22.7 Å². The van der Waals surface area contributed by atoms with Crippen LogP contribution in [-0.4, -0.2) is 33.9 Å². The second-order valence-corrected chi connectivity index (χ2v) is 9.37. The third-order valence-electron chi connectivity index (χ3n) is 4.81. The van der Waals surface area contributed by atoms with Crippen molar-refractivity contribution >= 4 is 44.6 Å². The van der Waals surface area contributed by atoms with Gasteiger partial charge in [-0.2, -0.15) is 0 Å². The van der Waals surface area contributed by atoms with E-state index in [0.717, 1.165) is 16.9 Å². The molecule has 0 aliphatic carbocycles. The van der Waals surface area contributed by atoms with Crippen molar-refractivity contribution in [2.75, 3.05) is 23.3 Å². The normalized spacial score (nSPS) is 13.0. The number of hydrogen-bond acceptors (Lipinski definition) is 6. The van der Waals surface area contributed by atoms with Gasteiger partial charge in [0.1, 0.15) is 4.88 Å². The van der Waals surface area contributed by atoms with E-state index in [1.165, 1.54) is 35.7 Å². The highest BCUT2D eigenvalue weighted by atomic mass is 32.2. The van der Waals surface area contributed by atoms with Gasteiger partial charge in [0.2, 0.25) is 0 Å². The summed E-state index contributed by atoms with van der Waals surface area (Å²) in [7, 11) is -2.55. The molecule has 1 N–H and O–H groups in total. The van der Waals surface area contributed by atoms with E-state index in [9.17, 15) is 18.0 Å². The minimum absolute atomic E-state index is 0.0327. The minimum atomic E-state index is -3.81. The van der Waals surface area contributed by atoms with Gasteiger partial charge in [-0.15, -0.1) is 11.3 Å². The first-order valence-electron chi connectivity index (χ1n) is 9.09. The first-order valence-corrected chi connectivity index (χ1v) is 11.4. The molecule has 1 aromatic heterocycles. The van der Waals surface area contributed by atoms with E-state index in [1.54, 1.807) is 23.6 Å². The number of sulfonamides is 1. The highest BCUT2D eigenvalue weighted by Crippen LogP contribution is 2.33. The lowest BCUT2D eigenvalue weighted by Crippen LogP contribution is -2.29. The number of ether oxygens (including phenoxy) is 1. The molecular weight excluding hydrogens is 424 g/mol. The fraction of sp³-hybridized carbons (Fsp3) is 0.143. The van der Waals surface area contributed by atoms with E-state index in [4.69, 9.17) is 4.74 Å². The number of thiophene rings is 1. The van der Waals surface area contributed by atoms with Crippen molar-refractivity contribution in [2.45, 2.75) is 11.3 Å². The number of nitrogens with one attached hydrogen (secondary N) is 1. The topological polar surface area (TPSA) is 92.8 Å². The number of nitrogens with zero attached hydrogens (tertiary/aromatic N) is 1. The van der Waals surface area contributed by atoms with Crippen LogP contribution in [0.15, 0.2) is 64.9 Å². The summed E-state index contributed by atoms with van der Waals surface area (Å²) >= 11 is 1.15. The number of benzene rings is 2. The summed E-state index contributed by atoms with van der Waals surface area (Å²) in [6, 6.07) is 14.8. The van der Waals surface area contributed by atoms with Gasteiger partial charge in [-0.3, -0.25) is 9.10 Å². The van der Waals surface area contributed by atoms with Crippen LogP contribution >= 0.6 is 11.3 Å². The lowest BCUT2D eigenvalue weighted by molar-refractivity contribution is 0.0607. The highest BCUT2D eigenvalue weighted by Gasteiger charge is 2.31. The number of esters is 1. The van der Waals surface area contributed by atoms with Crippen molar-refractivity contribution in [1.29, 1.82) is 0 Å². The Balaban J connectivity index is 1.61. The van der Waals surface area contributed by atoms with Crippen LogP contribution in [0.2, 0.25) is 0 Å². The Kier molecular flexibility index (Phi) is 5.31. The maximum atomic E-state index is 13.2. The number of para-hydroxylation sites is 1. The number of fused-ring (bicyclic) bond motifs is 1. The first-order chi connectivity index (χ1) is 14.4. The van der Waals surface area contributed by atoms with Crippen molar-refractivity contribution in [1.82, 2.24) is 0 Å². The van der Waals surface area contributed by atoms with Gasteiger partial charge in [0, 0.05) is 12.1 Å². The zero-order valence-corrected chi connectivity index (χ0v) is 17.6. The number of carbonyl (C=O) groups excluding carboxylic acids is 2. The van der Waals surface area contributed by atoms with E-state index in [2.05, 4.69) is 5.32 Å². The van der Waals surface area contributed by atoms with Gasteiger partial charge in [-0.1, -0.05) is 24.3 Å². The Labute approximate surface area is 178 Å². The molecule has 3 aromatic rings. The largest absolute Gasteiger partial charge is 0.465 e. The van der Waals surface area contributed by atoms with Gasteiger partial charge in [-0.25, -0.2) is 13.2 Å². The summed E-state index contributed by atoms with van der Waals surface area (Å²) < 4.78 is 32.5. The van der Waals surface area contributed by atoms with Crippen LogP contribution < -0.4 is 9.62 Å². The molecular formula is C21H18N2O5S2. The van der Waals surface area contributed by atoms with Crippen LogP contribution in [0.3, 0.4) is 0 Å². The molecule has 4 rings (SSSR count). The Morgan fingerprint density at radius 2 is 1.90 bits per heavy atom. The number of hydrogen-bond donors (Lipinski definition) is 1. The number of amides is 1. The predicted molar refractivity (Wildman–Crippen MR) is 115 cm³/mol. The zero-order valence-electron chi connectivity index (χ0n) is 16.0. The molecule has 0 unspecified atom stereocenters. The van der Waals surface area contributed by atoms with E-state index in [-0.39, 0.29) is 15.3 Å². The monoisotopic (exact) mass is 442 g/mol. The van der Waals surface area contributed by atoms with Crippen molar-refractivity contribution in [3.8, 4) is 0 Å². The molecule has 1 aliphatic rings. The molecule has 7 nitrogen and oxygen atoms in total. The summed E-state index contributed by atoms with van der Waals surface area (Å²) in [5.41, 5.74) is 2.13. The van der Waals surface area contributed by atoms with Crippen LogP contribution in [0.1, 0.15) is 25.6 Å². The quantitative estimate of drug-likeness (QED) is 0.610. The average Bonchev–Trinajstić information content (AvgIpc) is 3.40. The Bertz CT molecular complexity index is 1230. The van der Waals surface area contributed by atoms with Crippen LogP contribution in [0.4, 0.5) is 11.4 Å². The molecule has 2 heterocycles. The van der Waals surface area contributed by atoms with Crippen LogP contribution in [-0.2, 0) is 21.2 Å². The molecule has 1 amide bonds. The van der Waals surface area contributed by atoms with Gasteiger partial charge in [0.25, 0.3) is 15.9 Å². The number of anilines is 2. The Morgan fingerprint density at radius 1 is 1.10 bits per heavy atom. The molecule has 9 heteroatoms. The highest BCUT2D eigenvalue weighted by molar-refractivity contribution is 7.92. The van der Waals surface area contributed by atoms with Crippen LogP contribution in [0.5, 0.6) is 0 Å². The second-order valence-electron chi connectivity index (χ2n) is 6.59. The van der Waals surface area contributed by atoms with Gasteiger partial charge in [0.05, 0.1) is 23.4 Å². The first kappa shape index (κ1) is 20.1. The number of methoxy groups -OCH3 is 1. The number of rotatable bonds is 5. The molecule has 154 valence electrons. The summed E-state index contributed by atoms with van der Waals surface area (Å²) in [6.45, 7) is 0.357. The van der Waals surface area contributed by atoms with Gasteiger partial charge in [0.15, 0.2) is 0 Å². The van der Waals surface area contributed by atoms with Crippen molar-refractivity contribution in [3.05, 3.63) is 76.0 Å². The Hall–Kier alpha value is -3.17. The summed E-state index contributed by atoms with van der Waals surface area (Å²) in [6.07, 6.45) is 0.643. The lowest BCUT2D eigenvalue weighted by Gasteiger charge is -2.20. The van der Waals surface area contributed by atoms with Gasteiger partial charge >= 0.3 is 5.97 Å². The lowest BCUT2D eigenvalue weighted by atomic mass is 10.2. The SMILES string of the molecule is COC(=O)c1sccc1NC(=O)c1cccc(S(=O)(=O)N2CCc3ccccc32)c1. The van der Waals surface area contributed by atoms with Gasteiger partial charge < -0.3 is 10.1 Å². The standard InChI is InChI=1S/C21H18N2O5S2/c1-28-21(25)19-17(10-12-29-19)22-20(24)15-6-4-7-16(13-15)30(26,27)23-11-9-14-5-2-3-8-18(14)23/h2-8,10,12-13H,9,11H2,1H3,(H,22,24). The molecule has 0 atom stereocenters. The maximum Gasteiger partial charge on any atom is 0.350 e. The summed E-state index contributed by atoms with van der Waals surface area (Å²) in [4.78, 5) is 24.8. The smallest absolute Gasteiger partial charge is 0.350 e. The van der Waals surface area contributed by atoms with E-state index in [1.807, 2.05) is 12.1 Å². The molecule has 0 spiro atoms. The van der Waals surface area contributed by atoms with E-state index in [0.29, 0.717) is 24.3 Å².